The Morgan fingerprint density at radius 3 is 2.57 bits per heavy atom. The Bertz CT molecular complexity index is 1420. The Hall–Kier alpha value is -3.34. The van der Waals surface area contributed by atoms with Gasteiger partial charge in [-0.3, -0.25) is 4.79 Å². The molecule has 4 rings (SSSR count). The predicted octanol–water partition coefficient (Wildman–Crippen LogP) is 3.29. The number of fused-ring (bicyclic) bond motifs is 1. The summed E-state index contributed by atoms with van der Waals surface area (Å²) in [4.78, 5) is 24.8. The minimum atomic E-state index is -4.13. The summed E-state index contributed by atoms with van der Waals surface area (Å²) in [6.07, 6.45) is -0.242. The van der Waals surface area contributed by atoms with Crippen molar-refractivity contribution in [2.24, 2.45) is 5.14 Å². The summed E-state index contributed by atoms with van der Waals surface area (Å²) in [7, 11) is -4.13. The van der Waals surface area contributed by atoms with Crippen LogP contribution in [0.1, 0.15) is 32.1 Å². The molecular weight excluding hydrogens is 496 g/mol. The number of aryl methyl sites for hydroxylation is 1. The fraction of sp³-hybridized carbons (Fsp3) is 0.250. The fourth-order valence-electron chi connectivity index (χ4n) is 3.86. The molecule has 0 radical (unpaired) electrons. The van der Waals surface area contributed by atoms with E-state index in [1.165, 1.54) is 12.1 Å². The van der Waals surface area contributed by atoms with Crippen molar-refractivity contribution in [3.05, 3.63) is 76.1 Å². The van der Waals surface area contributed by atoms with E-state index in [9.17, 15) is 18.0 Å². The van der Waals surface area contributed by atoms with Gasteiger partial charge in [0.1, 0.15) is 11.5 Å². The Balaban J connectivity index is 1.43. The lowest BCUT2D eigenvalue weighted by Gasteiger charge is -2.27. The maximum absolute atomic E-state index is 12.8. The molecule has 11 heteroatoms. The first-order valence-corrected chi connectivity index (χ1v) is 12.5. The number of primary sulfonamides is 1. The van der Waals surface area contributed by atoms with Gasteiger partial charge in [-0.2, -0.15) is 0 Å². The van der Waals surface area contributed by atoms with Crippen LogP contribution in [0.15, 0.2) is 53.4 Å². The molecule has 0 amide bonds. The lowest BCUT2D eigenvalue weighted by atomic mass is 10.1. The quantitative estimate of drug-likeness (QED) is 0.375. The first-order valence-electron chi connectivity index (χ1n) is 10.6. The van der Waals surface area contributed by atoms with Crippen LogP contribution in [-0.4, -0.2) is 44.1 Å². The highest BCUT2D eigenvalue weighted by molar-refractivity contribution is 7.89. The van der Waals surface area contributed by atoms with Crippen molar-refractivity contribution in [2.75, 3.05) is 13.2 Å². The highest BCUT2D eigenvalue weighted by Gasteiger charge is 2.25. The van der Waals surface area contributed by atoms with E-state index < -0.39 is 33.3 Å². The van der Waals surface area contributed by atoms with Crippen molar-refractivity contribution in [3.63, 3.8) is 0 Å². The van der Waals surface area contributed by atoms with Gasteiger partial charge in [0, 0.05) is 17.0 Å². The molecule has 2 heterocycles. The number of benzene rings is 2. The number of Topliss-reactive ketones (excluding diaryl/α,β-unsaturated/α-hetero) is 1. The van der Waals surface area contributed by atoms with Gasteiger partial charge in [0.25, 0.3) is 0 Å². The maximum atomic E-state index is 12.8. The van der Waals surface area contributed by atoms with Crippen LogP contribution in [-0.2, 0) is 21.3 Å². The van der Waals surface area contributed by atoms with Crippen LogP contribution in [0.3, 0.4) is 0 Å². The van der Waals surface area contributed by atoms with Crippen molar-refractivity contribution in [3.8, 4) is 11.5 Å². The average molecular weight is 519 g/mol. The Kier molecular flexibility index (Phi) is 6.88. The number of carbonyl (C=O) groups is 2. The van der Waals surface area contributed by atoms with Crippen molar-refractivity contribution in [1.29, 1.82) is 0 Å². The van der Waals surface area contributed by atoms with E-state index in [2.05, 4.69) is 0 Å². The second-order valence-electron chi connectivity index (χ2n) is 8.08. The zero-order valence-corrected chi connectivity index (χ0v) is 20.6. The van der Waals surface area contributed by atoms with Crippen LogP contribution in [0.25, 0.3) is 0 Å². The largest absolute Gasteiger partial charge is 0.486 e. The molecule has 0 spiro atoms. The number of nitrogens with two attached hydrogens (primary N) is 1. The van der Waals surface area contributed by atoms with E-state index in [1.807, 2.05) is 35.8 Å². The maximum Gasteiger partial charge on any atom is 0.338 e. The van der Waals surface area contributed by atoms with Gasteiger partial charge in [0.2, 0.25) is 15.8 Å². The smallest absolute Gasteiger partial charge is 0.338 e. The Morgan fingerprint density at radius 1 is 1.14 bits per heavy atom. The van der Waals surface area contributed by atoms with Gasteiger partial charge in [0.05, 0.1) is 17.1 Å². The lowest BCUT2D eigenvalue weighted by Crippen LogP contribution is -2.33. The number of hydrogen-bond acceptors (Lipinski definition) is 7. The summed E-state index contributed by atoms with van der Waals surface area (Å²) in [5.74, 6) is 0.0890. The van der Waals surface area contributed by atoms with E-state index in [0.717, 1.165) is 11.8 Å². The third-order valence-corrected chi connectivity index (χ3v) is 7.03. The molecule has 0 unspecified atom stereocenters. The van der Waals surface area contributed by atoms with Crippen LogP contribution in [0.5, 0.6) is 11.5 Å². The number of esters is 1. The van der Waals surface area contributed by atoms with Gasteiger partial charge in [-0.15, -0.1) is 0 Å². The zero-order chi connectivity index (χ0) is 25.3. The van der Waals surface area contributed by atoms with Crippen LogP contribution in [0.2, 0.25) is 5.02 Å². The lowest BCUT2D eigenvalue weighted by molar-refractivity contribution is 0.0474. The van der Waals surface area contributed by atoms with Crippen molar-refractivity contribution in [1.82, 2.24) is 4.57 Å². The van der Waals surface area contributed by atoms with E-state index in [-0.39, 0.29) is 16.7 Å². The molecular formula is C24H23ClN2O7S. The monoisotopic (exact) mass is 518 g/mol. The zero-order valence-electron chi connectivity index (χ0n) is 19.0. The number of para-hydroxylation sites is 2. The van der Waals surface area contributed by atoms with Crippen LogP contribution in [0, 0.1) is 13.8 Å². The third-order valence-electron chi connectivity index (χ3n) is 5.64. The molecule has 0 saturated carbocycles. The van der Waals surface area contributed by atoms with Gasteiger partial charge < -0.3 is 18.8 Å². The molecule has 1 aliphatic rings. The summed E-state index contributed by atoms with van der Waals surface area (Å²) < 4.78 is 42.1. The highest BCUT2D eigenvalue weighted by atomic mass is 35.5. The molecule has 0 fully saturated rings. The van der Waals surface area contributed by atoms with Gasteiger partial charge in [-0.1, -0.05) is 23.7 Å². The predicted molar refractivity (Wildman–Crippen MR) is 128 cm³/mol. The fourth-order valence-corrected chi connectivity index (χ4v) is 4.93. The number of aromatic nitrogens is 1. The third kappa shape index (κ3) is 5.34. The van der Waals surface area contributed by atoms with E-state index in [1.54, 1.807) is 13.0 Å². The van der Waals surface area contributed by atoms with Crippen molar-refractivity contribution >= 4 is 33.4 Å². The number of ketones is 1. The minimum Gasteiger partial charge on any atom is -0.486 e. The van der Waals surface area contributed by atoms with Crippen molar-refractivity contribution < 1.29 is 32.2 Å². The molecule has 35 heavy (non-hydrogen) atoms. The topological polar surface area (TPSA) is 127 Å². The van der Waals surface area contributed by atoms with Gasteiger partial charge in [-0.05, 0) is 50.2 Å². The number of nitrogens with zero attached hydrogens (tertiary/aromatic N) is 1. The minimum absolute atomic E-state index is 0.0913. The highest BCUT2D eigenvalue weighted by Crippen LogP contribution is 2.31. The Labute approximate surface area is 207 Å². The first-order chi connectivity index (χ1) is 16.5. The molecule has 0 saturated heterocycles. The summed E-state index contributed by atoms with van der Waals surface area (Å²) in [6.45, 7) is 4.00. The number of sulfonamides is 1. The standard InChI is InChI=1S/C24H23ClN2O7S/c1-14-9-18(15(2)27(14)11-17-12-32-21-5-3-4-6-22(21)34-17)20(28)13-33-24(29)16-7-8-19(25)23(10-16)35(26,30)31/h3-10,17H,11-13H2,1-2H3,(H2,26,30,31)/t17-/m1/s1. The second-order valence-corrected chi connectivity index (χ2v) is 10.0. The second kappa shape index (κ2) is 9.73. The number of rotatable bonds is 7. The SMILES string of the molecule is Cc1cc(C(=O)COC(=O)c2ccc(Cl)c(S(N)(=O)=O)c2)c(C)n1C[C@@H]1COc2ccccc2O1. The summed E-state index contributed by atoms with van der Waals surface area (Å²) in [5.41, 5.74) is 1.87. The van der Waals surface area contributed by atoms with Gasteiger partial charge in [0.15, 0.2) is 24.2 Å². The van der Waals surface area contributed by atoms with E-state index in [0.29, 0.717) is 35.9 Å². The summed E-state index contributed by atoms with van der Waals surface area (Å²) >= 11 is 5.84. The molecule has 2 N–H and O–H groups in total. The van der Waals surface area contributed by atoms with Gasteiger partial charge >= 0.3 is 5.97 Å². The summed E-state index contributed by atoms with van der Waals surface area (Å²) in [5, 5.41) is 4.99. The van der Waals surface area contributed by atoms with E-state index in [4.69, 9.17) is 31.0 Å². The summed E-state index contributed by atoms with van der Waals surface area (Å²) in [6, 6.07) is 12.7. The molecule has 9 nitrogen and oxygen atoms in total. The molecule has 1 aromatic heterocycles. The molecule has 1 atom stereocenters. The molecule has 1 aliphatic heterocycles. The molecule has 0 bridgehead atoms. The van der Waals surface area contributed by atoms with Crippen molar-refractivity contribution in [2.45, 2.75) is 31.4 Å². The Morgan fingerprint density at radius 2 is 1.86 bits per heavy atom. The number of ether oxygens (including phenoxy) is 3. The number of halogens is 1. The average Bonchev–Trinajstić information content (AvgIpc) is 3.10. The molecule has 2 aromatic carbocycles. The van der Waals surface area contributed by atoms with Gasteiger partial charge in [-0.25, -0.2) is 18.4 Å². The number of carbonyl (C=O) groups excluding carboxylic acids is 2. The molecule has 3 aromatic rings. The van der Waals surface area contributed by atoms with E-state index >= 15 is 0 Å². The van der Waals surface area contributed by atoms with Crippen LogP contribution >= 0.6 is 11.6 Å². The molecule has 0 aliphatic carbocycles. The first kappa shape index (κ1) is 24.8. The van der Waals surface area contributed by atoms with Crippen LogP contribution in [0.4, 0.5) is 0 Å². The van der Waals surface area contributed by atoms with Crippen LogP contribution < -0.4 is 14.6 Å². The normalized spacial score (nSPS) is 15.0. The number of hydrogen-bond donors (Lipinski definition) is 1. The molecule has 184 valence electrons.